The summed E-state index contributed by atoms with van der Waals surface area (Å²) in [6.07, 6.45) is 4.09. The first-order valence-electron chi connectivity index (χ1n) is 22.8. The van der Waals surface area contributed by atoms with Crippen molar-refractivity contribution >= 4 is 56.2 Å². The molecule has 4 heterocycles. The summed E-state index contributed by atoms with van der Waals surface area (Å²) >= 11 is 1.25. The second kappa shape index (κ2) is 19.2. The molecule has 0 unspecified atom stereocenters. The van der Waals surface area contributed by atoms with Crippen molar-refractivity contribution in [3.8, 4) is 17.6 Å². The molecule has 2 saturated heterocycles. The molecule has 2 N–H and O–H groups in total. The molecule has 6 atom stereocenters. The van der Waals surface area contributed by atoms with Crippen LogP contribution in [0.1, 0.15) is 71.7 Å². The lowest BCUT2D eigenvalue weighted by Gasteiger charge is -2.46. The van der Waals surface area contributed by atoms with Crippen LogP contribution in [0, 0.1) is 17.8 Å². The van der Waals surface area contributed by atoms with E-state index in [4.69, 9.17) is 23.9 Å². The number of nitrogens with zero attached hydrogens (tertiary/aromatic N) is 3. The van der Waals surface area contributed by atoms with Crippen LogP contribution in [0.4, 0.5) is 15.6 Å². The van der Waals surface area contributed by atoms with Crippen molar-refractivity contribution in [3.63, 3.8) is 0 Å². The quantitative estimate of drug-likeness (QED) is 0.0729. The number of aliphatic hydroxyl groups excluding tert-OH is 1. The molecule has 0 saturated carbocycles. The Bertz CT molecular complexity index is 2950. The van der Waals surface area contributed by atoms with Gasteiger partial charge in [-0.25, -0.2) is 14.7 Å². The lowest BCUT2D eigenvalue weighted by atomic mass is 9.65. The molecule has 1 aromatic heterocycles. The number of imide groups is 1. The van der Waals surface area contributed by atoms with Gasteiger partial charge in [0.1, 0.15) is 36.5 Å². The normalized spacial score (nSPS) is 23.0. The number of thiazole rings is 1. The summed E-state index contributed by atoms with van der Waals surface area (Å²) in [4.78, 5) is 70.2. The maximum Gasteiger partial charge on any atom is 0.421 e. The average Bonchev–Trinajstić information content (AvgIpc) is 4.01. The molecule has 6 aromatic rings. The Labute approximate surface area is 397 Å². The van der Waals surface area contributed by atoms with Crippen molar-refractivity contribution in [2.45, 2.75) is 55.3 Å². The fourth-order valence-corrected chi connectivity index (χ4v) is 11.3. The molecule has 4 aliphatic rings. The highest BCUT2D eigenvalue weighted by Crippen LogP contribution is 2.67. The van der Waals surface area contributed by atoms with Gasteiger partial charge in [0.05, 0.1) is 47.1 Å². The maximum atomic E-state index is 16.5. The standard InChI is InChI=1S/C54H48N4O9S/c1-64-31-32-66-53(63)57-41-28-27-35(26-25-34-15-5-2-6-16-34)33-39(41)54(51(57)62)44(49(60)56-52-55-40-22-12-14-24-43(40)68-52)46-50(61)67-47(37-19-9-4-10-20-37)45(36-17-7-3-8-18-36)58(46)48(54)38-21-11-13-23-42(38)65-30-29-59/h3-4,7-15,17-24,27-28,33,44-48,59H,2,5-6,16,29-32H2,1H3,(H,55,56,60)/t44-,45-,46-,47+,48+,54-/m1/s1. The number of anilines is 2. The molecular weight excluding hydrogens is 881 g/mol. The first-order chi connectivity index (χ1) is 33.3. The molecule has 0 radical (unpaired) electrons. The summed E-state index contributed by atoms with van der Waals surface area (Å²) in [5.41, 5.74) is 2.39. The number of para-hydroxylation sites is 2. The van der Waals surface area contributed by atoms with E-state index >= 15 is 14.4 Å². The van der Waals surface area contributed by atoms with Crippen molar-refractivity contribution in [2.24, 2.45) is 5.92 Å². The molecule has 10 rings (SSSR count). The number of fused-ring (bicyclic) bond motifs is 4. The number of carbonyl (C=O) groups is 4. The van der Waals surface area contributed by atoms with Gasteiger partial charge in [-0.1, -0.05) is 120 Å². The minimum Gasteiger partial charge on any atom is -0.491 e. The van der Waals surface area contributed by atoms with Crippen molar-refractivity contribution in [1.82, 2.24) is 9.88 Å². The summed E-state index contributed by atoms with van der Waals surface area (Å²) in [6.45, 7) is -0.529. The summed E-state index contributed by atoms with van der Waals surface area (Å²) in [5.74, 6) is 3.14. The van der Waals surface area contributed by atoms with E-state index < -0.39 is 59.4 Å². The van der Waals surface area contributed by atoms with Gasteiger partial charge in [0.25, 0.3) is 0 Å². The lowest BCUT2D eigenvalue weighted by Crippen LogP contribution is -2.54. The zero-order valence-corrected chi connectivity index (χ0v) is 38.0. The van der Waals surface area contributed by atoms with Gasteiger partial charge in [0, 0.05) is 18.2 Å². The van der Waals surface area contributed by atoms with Gasteiger partial charge >= 0.3 is 12.1 Å². The Morgan fingerprint density at radius 3 is 2.37 bits per heavy atom. The van der Waals surface area contributed by atoms with Crippen molar-refractivity contribution in [1.29, 1.82) is 0 Å². The smallest absolute Gasteiger partial charge is 0.421 e. The fraction of sp³-hybridized carbons (Fsp3) is 0.278. The Balaban J connectivity index is 1.28. The number of hydrogen-bond donors (Lipinski definition) is 2. The number of benzene rings is 5. The molecule has 3 aliphatic heterocycles. The van der Waals surface area contributed by atoms with Crippen LogP contribution in [0.2, 0.25) is 0 Å². The van der Waals surface area contributed by atoms with Crippen LogP contribution in [0.15, 0.2) is 139 Å². The van der Waals surface area contributed by atoms with Crippen LogP contribution in [-0.4, -0.2) is 78.4 Å². The van der Waals surface area contributed by atoms with E-state index in [2.05, 4.69) is 23.2 Å². The minimum atomic E-state index is -2.10. The molecule has 13 nitrogen and oxygen atoms in total. The first-order valence-corrected chi connectivity index (χ1v) is 23.6. The van der Waals surface area contributed by atoms with E-state index in [1.807, 2.05) is 89.8 Å². The van der Waals surface area contributed by atoms with Crippen molar-refractivity contribution in [2.75, 3.05) is 43.8 Å². The molecule has 68 heavy (non-hydrogen) atoms. The molecule has 3 amide bonds. The minimum absolute atomic E-state index is 0.0584. The highest BCUT2D eigenvalue weighted by molar-refractivity contribution is 7.22. The van der Waals surface area contributed by atoms with Gasteiger partial charge in [-0.15, -0.1) is 0 Å². The van der Waals surface area contributed by atoms with Gasteiger partial charge in [-0.05, 0) is 84.3 Å². The van der Waals surface area contributed by atoms with Gasteiger partial charge in [0.15, 0.2) is 5.13 Å². The number of aliphatic hydroxyl groups is 1. The summed E-state index contributed by atoms with van der Waals surface area (Å²) in [7, 11) is 1.47. The number of ether oxygens (including phenoxy) is 4. The van der Waals surface area contributed by atoms with Crippen LogP contribution < -0.4 is 15.0 Å². The number of cyclic esters (lactones) is 1. The molecule has 1 spiro atoms. The molecular formula is C54H48N4O9S. The van der Waals surface area contributed by atoms with Gasteiger partial charge in [-0.3, -0.25) is 19.3 Å². The molecule has 5 aromatic carbocycles. The monoisotopic (exact) mass is 928 g/mol. The molecule has 14 heteroatoms. The number of rotatable bonds is 11. The molecule has 344 valence electrons. The first kappa shape index (κ1) is 44.7. The average molecular weight is 929 g/mol. The van der Waals surface area contributed by atoms with Crippen LogP contribution >= 0.6 is 11.3 Å². The molecule has 2 fully saturated rings. The Morgan fingerprint density at radius 2 is 1.62 bits per heavy atom. The number of allylic oxidation sites excluding steroid dienone is 2. The van der Waals surface area contributed by atoms with Gasteiger partial charge in [-0.2, -0.15) is 0 Å². The van der Waals surface area contributed by atoms with Crippen molar-refractivity contribution in [3.05, 3.63) is 167 Å². The van der Waals surface area contributed by atoms with Crippen LogP contribution in [-0.2, 0) is 34.0 Å². The number of aromatic nitrogens is 1. The summed E-state index contributed by atoms with van der Waals surface area (Å²) in [6, 6.07) is 35.1. The fourth-order valence-electron chi connectivity index (χ4n) is 10.4. The number of carbonyl (C=O) groups excluding carboxylic acids is 4. The third-order valence-electron chi connectivity index (χ3n) is 13.2. The highest BCUT2D eigenvalue weighted by atomic mass is 32.1. The van der Waals surface area contributed by atoms with Gasteiger partial charge in [0.2, 0.25) is 11.8 Å². The van der Waals surface area contributed by atoms with Crippen LogP contribution in [0.25, 0.3) is 10.2 Å². The third-order valence-corrected chi connectivity index (χ3v) is 14.1. The Morgan fingerprint density at radius 1 is 0.868 bits per heavy atom. The Kier molecular flexibility index (Phi) is 12.6. The van der Waals surface area contributed by atoms with E-state index in [1.54, 1.807) is 42.5 Å². The number of methoxy groups -OCH3 is 1. The molecule has 1 aliphatic carbocycles. The highest BCUT2D eigenvalue weighted by Gasteiger charge is 2.76. The van der Waals surface area contributed by atoms with E-state index in [-0.39, 0.29) is 42.8 Å². The second-order valence-corrected chi connectivity index (χ2v) is 18.1. The van der Waals surface area contributed by atoms with Crippen LogP contribution in [0.5, 0.6) is 5.75 Å². The lowest BCUT2D eigenvalue weighted by molar-refractivity contribution is -0.177. The Hall–Kier alpha value is -7.15. The van der Waals surface area contributed by atoms with E-state index in [0.29, 0.717) is 28.0 Å². The summed E-state index contributed by atoms with van der Waals surface area (Å²) in [5, 5.41) is 13.4. The van der Waals surface area contributed by atoms with E-state index in [0.717, 1.165) is 46.4 Å². The number of morpholine rings is 1. The van der Waals surface area contributed by atoms with Gasteiger partial charge < -0.3 is 29.4 Å². The maximum absolute atomic E-state index is 16.5. The second-order valence-electron chi connectivity index (χ2n) is 17.1. The topological polar surface area (TPSA) is 157 Å². The zero-order valence-electron chi connectivity index (χ0n) is 37.2. The van der Waals surface area contributed by atoms with Crippen LogP contribution in [0.3, 0.4) is 0 Å². The zero-order chi connectivity index (χ0) is 46.8. The predicted molar refractivity (Wildman–Crippen MR) is 256 cm³/mol. The van der Waals surface area contributed by atoms with E-state index in [1.165, 1.54) is 18.4 Å². The molecule has 0 bridgehead atoms. The van der Waals surface area contributed by atoms with E-state index in [9.17, 15) is 9.90 Å². The predicted octanol–water partition coefficient (Wildman–Crippen LogP) is 8.61. The number of amides is 3. The number of hydrogen-bond acceptors (Lipinski definition) is 12. The summed E-state index contributed by atoms with van der Waals surface area (Å²) < 4.78 is 24.7. The largest absolute Gasteiger partial charge is 0.491 e. The number of nitrogens with one attached hydrogen (secondary N) is 1. The number of esters is 1. The third kappa shape index (κ3) is 7.90. The SMILES string of the molecule is COCCOC(=O)N1C(=O)[C@@]2(c3cc(C#CC4=CCCCC4)ccc31)[C@H](c1ccccc1OCCO)N1[C@H](c3ccccc3)[C@H](c3ccccc3)OC(=O)[C@H]1[C@@H]2C(=O)Nc1nc2ccccc2s1. The van der Waals surface area contributed by atoms with Crippen molar-refractivity contribution < 1.29 is 43.2 Å².